The molecule has 0 spiro atoms. The number of primary sulfonamides is 1. The fourth-order valence-corrected chi connectivity index (χ4v) is 5.22. The number of hydrogen-bond donors (Lipinski definition) is 5. The van der Waals surface area contributed by atoms with Crippen molar-refractivity contribution < 1.29 is 42.9 Å². The van der Waals surface area contributed by atoms with E-state index in [-0.39, 0.29) is 37.0 Å². The number of carbonyl (C=O) groups is 4. The van der Waals surface area contributed by atoms with Crippen molar-refractivity contribution >= 4 is 33.8 Å². The fourth-order valence-electron chi connectivity index (χ4n) is 4.71. The summed E-state index contributed by atoms with van der Waals surface area (Å²) in [5, 5.41) is 35.9. The van der Waals surface area contributed by atoms with Gasteiger partial charge >= 0.3 is 17.9 Å². The van der Waals surface area contributed by atoms with Crippen molar-refractivity contribution in [3.05, 3.63) is 29.8 Å². The average molecular weight is 615 g/mol. The summed E-state index contributed by atoms with van der Waals surface area (Å²) in [5.41, 5.74) is 0.825. The predicted octanol–water partition coefficient (Wildman–Crippen LogP) is -1.75. The minimum Gasteiger partial charge on any atom is -0.480 e. The van der Waals surface area contributed by atoms with Crippen LogP contribution in [0.1, 0.15) is 18.4 Å². The summed E-state index contributed by atoms with van der Waals surface area (Å²) in [7, 11) is -3.78. The molecule has 6 N–H and O–H groups in total. The van der Waals surface area contributed by atoms with Gasteiger partial charge in [0.1, 0.15) is 0 Å². The summed E-state index contributed by atoms with van der Waals surface area (Å²) in [4.78, 5) is 54.1. The predicted molar refractivity (Wildman–Crippen MR) is 152 cm³/mol. The smallest absolute Gasteiger partial charge is 0.317 e. The maximum Gasteiger partial charge on any atom is 0.317 e. The summed E-state index contributed by atoms with van der Waals surface area (Å²) in [6.45, 7) is 3.07. The zero-order valence-electron chi connectivity index (χ0n) is 23.7. The molecule has 1 saturated heterocycles. The normalized spacial score (nSPS) is 17.7. The molecule has 2 rings (SSSR count). The van der Waals surface area contributed by atoms with Gasteiger partial charge in [-0.05, 0) is 43.5 Å². The SMILES string of the molecule is NS(=O)(=O)c1ccc(CCNC(=O)CN2CCCN(CC(=O)O)CCN(CC(=O)O)CCCN(CC(=O)O)CC2)cc1. The van der Waals surface area contributed by atoms with Crippen LogP contribution in [0.15, 0.2) is 29.2 Å². The van der Waals surface area contributed by atoms with Crippen molar-refractivity contribution in [2.75, 3.05) is 85.1 Å². The lowest BCUT2D eigenvalue weighted by Crippen LogP contribution is -2.46. The van der Waals surface area contributed by atoms with Gasteiger partial charge in [-0.1, -0.05) is 12.1 Å². The molecule has 0 aliphatic carbocycles. The second-order valence-corrected chi connectivity index (χ2v) is 11.8. The minimum atomic E-state index is -3.78. The van der Waals surface area contributed by atoms with E-state index in [1.54, 1.807) is 26.8 Å². The molecule has 0 aromatic heterocycles. The lowest BCUT2D eigenvalue weighted by Gasteiger charge is -2.30. The molecule has 1 aromatic carbocycles. The third kappa shape index (κ3) is 14.7. The van der Waals surface area contributed by atoms with E-state index in [0.717, 1.165) is 5.56 Å². The van der Waals surface area contributed by atoms with Gasteiger partial charge in [0.2, 0.25) is 15.9 Å². The van der Waals surface area contributed by atoms with E-state index < -0.39 is 27.9 Å². The summed E-state index contributed by atoms with van der Waals surface area (Å²) < 4.78 is 22.8. The quantitative estimate of drug-likeness (QED) is 0.177. The molecule has 1 heterocycles. The molecule has 0 saturated carbocycles. The van der Waals surface area contributed by atoms with Crippen LogP contribution in [0.3, 0.4) is 0 Å². The Bertz CT molecular complexity index is 1150. The molecular weight excluding hydrogens is 572 g/mol. The van der Waals surface area contributed by atoms with Gasteiger partial charge in [-0.15, -0.1) is 0 Å². The molecule has 1 fully saturated rings. The van der Waals surface area contributed by atoms with Crippen molar-refractivity contribution in [2.45, 2.75) is 24.2 Å². The number of aliphatic carboxylic acids is 3. The average Bonchev–Trinajstić information content (AvgIpc) is 2.88. The first-order valence-corrected chi connectivity index (χ1v) is 15.3. The van der Waals surface area contributed by atoms with Gasteiger partial charge in [-0.2, -0.15) is 0 Å². The number of carboxylic acid groups (broad SMARTS) is 3. The maximum atomic E-state index is 12.8. The molecule has 42 heavy (non-hydrogen) atoms. The van der Waals surface area contributed by atoms with E-state index in [1.807, 2.05) is 4.90 Å². The molecule has 1 amide bonds. The van der Waals surface area contributed by atoms with Crippen LogP contribution in [0.25, 0.3) is 0 Å². The van der Waals surface area contributed by atoms with Crippen LogP contribution < -0.4 is 10.5 Å². The van der Waals surface area contributed by atoms with E-state index in [9.17, 15) is 42.9 Å². The number of amides is 1. The highest BCUT2D eigenvalue weighted by molar-refractivity contribution is 7.89. The molecule has 16 heteroatoms. The maximum absolute atomic E-state index is 12.8. The van der Waals surface area contributed by atoms with Gasteiger partial charge < -0.3 is 20.6 Å². The van der Waals surface area contributed by atoms with Gasteiger partial charge in [0, 0.05) is 52.4 Å². The number of nitrogens with two attached hydrogens (primary N) is 1. The summed E-state index contributed by atoms with van der Waals surface area (Å²) in [5.74, 6) is -3.18. The highest BCUT2D eigenvalue weighted by Crippen LogP contribution is 2.09. The topological polar surface area (TPSA) is 214 Å². The van der Waals surface area contributed by atoms with Crippen LogP contribution in [0.2, 0.25) is 0 Å². The number of rotatable bonds is 12. The Morgan fingerprint density at radius 3 is 1.40 bits per heavy atom. The van der Waals surface area contributed by atoms with Gasteiger partial charge in [0.25, 0.3) is 0 Å². The zero-order valence-corrected chi connectivity index (χ0v) is 24.5. The number of nitrogens with one attached hydrogen (secondary N) is 1. The van der Waals surface area contributed by atoms with Crippen LogP contribution in [0.4, 0.5) is 0 Å². The Kier molecular flexibility index (Phi) is 14.8. The van der Waals surface area contributed by atoms with Crippen LogP contribution in [0, 0.1) is 0 Å². The number of carboxylic acids is 3. The van der Waals surface area contributed by atoms with Gasteiger partial charge in [-0.25, -0.2) is 13.6 Å². The minimum absolute atomic E-state index is 0.00774. The number of carbonyl (C=O) groups excluding carboxylic acids is 1. The molecule has 1 aromatic rings. The highest BCUT2D eigenvalue weighted by Gasteiger charge is 2.19. The number of benzene rings is 1. The lowest BCUT2D eigenvalue weighted by atomic mass is 10.1. The summed E-state index contributed by atoms with van der Waals surface area (Å²) in [6.07, 6.45) is 1.55. The first kappa shape index (κ1) is 35.0. The summed E-state index contributed by atoms with van der Waals surface area (Å²) in [6, 6.07) is 6.09. The molecule has 236 valence electrons. The summed E-state index contributed by atoms with van der Waals surface area (Å²) >= 11 is 0. The van der Waals surface area contributed by atoms with Crippen LogP contribution in [-0.4, -0.2) is 152 Å². The van der Waals surface area contributed by atoms with Crippen molar-refractivity contribution in [3.8, 4) is 0 Å². The van der Waals surface area contributed by atoms with E-state index in [4.69, 9.17) is 5.14 Å². The second kappa shape index (κ2) is 17.7. The van der Waals surface area contributed by atoms with Crippen molar-refractivity contribution in [1.82, 2.24) is 24.9 Å². The monoisotopic (exact) mass is 614 g/mol. The highest BCUT2D eigenvalue weighted by atomic mass is 32.2. The Morgan fingerprint density at radius 2 is 1.05 bits per heavy atom. The molecule has 1 aliphatic rings. The van der Waals surface area contributed by atoms with Gasteiger partial charge in [0.15, 0.2) is 0 Å². The molecule has 0 radical (unpaired) electrons. The Morgan fingerprint density at radius 1 is 0.667 bits per heavy atom. The first-order chi connectivity index (χ1) is 19.8. The van der Waals surface area contributed by atoms with Crippen LogP contribution in [0.5, 0.6) is 0 Å². The molecule has 0 atom stereocenters. The van der Waals surface area contributed by atoms with Crippen molar-refractivity contribution in [3.63, 3.8) is 0 Å². The van der Waals surface area contributed by atoms with Crippen molar-refractivity contribution in [2.24, 2.45) is 5.14 Å². The fraction of sp³-hybridized carbons (Fsp3) is 0.615. The molecule has 0 unspecified atom stereocenters. The second-order valence-electron chi connectivity index (χ2n) is 10.3. The number of sulfonamides is 1. The molecule has 0 bridgehead atoms. The zero-order chi connectivity index (χ0) is 31.1. The lowest BCUT2D eigenvalue weighted by molar-refractivity contribution is -0.140. The van der Waals surface area contributed by atoms with E-state index in [1.165, 1.54) is 12.1 Å². The molecule has 1 aliphatic heterocycles. The standard InChI is InChI=1S/C26H42N6O9S/c27-42(40,41)22-5-3-21(4-6-22)7-8-28-23(33)17-29-9-1-10-31(19-25(36)37)15-16-32(20-26(38)39)12-2-11-30(14-13-29)18-24(34)35/h3-6H,1-2,7-20H2,(H,28,33)(H,34,35)(H,36,37)(H,38,39)(H2,27,40,41). The van der Waals surface area contributed by atoms with Gasteiger partial charge in [-0.3, -0.25) is 38.8 Å². The van der Waals surface area contributed by atoms with Crippen molar-refractivity contribution in [1.29, 1.82) is 0 Å². The van der Waals surface area contributed by atoms with E-state index >= 15 is 0 Å². The molecule has 15 nitrogen and oxygen atoms in total. The largest absolute Gasteiger partial charge is 0.480 e. The van der Waals surface area contributed by atoms with Gasteiger partial charge in [0.05, 0.1) is 31.1 Å². The van der Waals surface area contributed by atoms with Crippen LogP contribution >= 0.6 is 0 Å². The van der Waals surface area contributed by atoms with Crippen LogP contribution in [-0.2, 0) is 35.6 Å². The first-order valence-electron chi connectivity index (χ1n) is 13.7. The Labute approximate surface area is 245 Å². The van der Waals surface area contributed by atoms with E-state index in [0.29, 0.717) is 78.2 Å². The number of nitrogens with zero attached hydrogens (tertiary/aromatic N) is 4. The molecular formula is C26H42N6O9S. The van der Waals surface area contributed by atoms with E-state index in [2.05, 4.69) is 5.32 Å². The Balaban J connectivity index is 2.01. The third-order valence-corrected chi connectivity index (χ3v) is 7.72. The third-order valence-electron chi connectivity index (χ3n) is 6.79. The number of hydrogen-bond acceptors (Lipinski definition) is 10. The Hall–Kier alpha value is -3.15.